The number of aryl methyl sites for hydroxylation is 1. The minimum Gasteiger partial charge on any atom is -0.352 e. The van der Waals surface area contributed by atoms with Gasteiger partial charge in [-0.15, -0.1) is 0 Å². The molecule has 0 saturated carbocycles. The van der Waals surface area contributed by atoms with Gasteiger partial charge in [0.15, 0.2) is 11.6 Å². The number of nitrogens with one attached hydrogen (secondary N) is 1. The van der Waals surface area contributed by atoms with Crippen LogP contribution in [0.4, 0.5) is 11.4 Å². The van der Waals surface area contributed by atoms with Gasteiger partial charge in [-0.1, -0.05) is 121 Å². The molecule has 0 bridgehead atoms. The smallest absolute Gasteiger partial charge is 0.238 e. The van der Waals surface area contributed by atoms with Crippen LogP contribution in [0.3, 0.4) is 0 Å². The van der Waals surface area contributed by atoms with E-state index in [9.17, 15) is 9.59 Å². The molecule has 3 heterocycles. The van der Waals surface area contributed by atoms with Crippen molar-refractivity contribution >= 4 is 50.9 Å². The molecule has 1 spiro atoms. The van der Waals surface area contributed by atoms with E-state index in [0.29, 0.717) is 16.8 Å². The SMILES string of the molecule is CCCCCc1ccc(C(=O)[C@@H]2[C@H](C(=O)c3ccc(Br)cc3)N3c4ccccc4C=CC3[C@@]23C(=O)Nc2ccccc23)cc1. The predicted octanol–water partition coefficient (Wildman–Crippen LogP) is 8.04. The first-order valence-electron chi connectivity index (χ1n) is 15.3. The van der Waals surface area contributed by atoms with Gasteiger partial charge in [0.25, 0.3) is 0 Å². The van der Waals surface area contributed by atoms with Crippen LogP contribution in [0.5, 0.6) is 0 Å². The van der Waals surface area contributed by atoms with E-state index in [-0.39, 0.29) is 17.5 Å². The lowest BCUT2D eigenvalue weighted by molar-refractivity contribution is -0.121. The first-order valence-corrected chi connectivity index (χ1v) is 16.1. The van der Waals surface area contributed by atoms with E-state index in [2.05, 4.69) is 28.2 Å². The number of unbranched alkanes of at least 4 members (excludes halogenated alkanes) is 2. The van der Waals surface area contributed by atoms with Gasteiger partial charge < -0.3 is 10.2 Å². The fourth-order valence-electron chi connectivity index (χ4n) is 7.50. The van der Waals surface area contributed by atoms with Crippen LogP contribution in [0, 0.1) is 5.92 Å². The molecule has 6 heteroatoms. The van der Waals surface area contributed by atoms with Crippen molar-refractivity contribution in [1.82, 2.24) is 0 Å². The predicted molar refractivity (Wildman–Crippen MR) is 178 cm³/mol. The number of carbonyl (C=O) groups is 3. The number of para-hydroxylation sites is 2. The highest BCUT2D eigenvalue weighted by molar-refractivity contribution is 9.10. The van der Waals surface area contributed by atoms with E-state index < -0.39 is 23.4 Å². The van der Waals surface area contributed by atoms with Gasteiger partial charge in [-0.25, -0.2) is 0 Å². The molecule has 3 aliphatic rings. The fourth-order valence-corrected chi connectivity index (χ4v) is 7.76. The molecule has 1 amide bonds. The highest BCUT2D eigenvalue weighted by atomic mass is 79.9. The van der Waals surface area contributed by atoms with Crippen molar-refractivity contribution in [2.45, 2.75) is 50.1 Å². The first kappa shape index (κ1) is 28.5. The van der Waals surface area contributed by atoms with Gasteiger partial charge in [0.1, 0.15) is 11.5 Å². The molecule has 7 rings (SSSR count). The van der Waals surface area contributed by atoms with E-state index in [0.717, 1.165) is 47.0 Å². The molecule has 1 saturated heterocycles. The minimum absolute atomic E-state index is 0.184. The molecule has 220 valence electrons. The fraction of sp³-hybridized carbons (Fsp3) is 0.237. The third kappa shape index (κ3) is 4.38. The normalized spacial score (nSPS) is 22.8. The lowest BCUT2D eigenvalue weighted by atomic mass is 9.64. The number of halogens is 1. The van der Waals surface area contributed by atoms with Gasteiger partial charge in [-0.2, -0.15) is 0 Å². The van der Waals surface area contributed by atoms with Crippen LogP contribution < -0.4 is 10.2 Å². The largest absolute Gasteiger partial charge is 0.352 e. The zero-order chi connectivity index (χ0) is 30.4. The molecule has 0 aromatic heterocycles. The molecule has 44 heavy (non-hydrogen) atoms. The number of nitrogens with zero attached hydrogens (tertiary/aromatic N) is 1. The van der Waals surface area contributed by atoms with Gasteiger partial charge >= 0.3 is 0 Å². The summed E-state index contributed by atoms with van der Waals surface area (Å²) in [6.45, 7) is 2.18. The van der Waals surface area contributed by atoms with Gasteiger partial charge in [-0.05, 0) is 53.8 Å². The summed E-state index contributed by atoms with van der Waals surface area (Å²) in [6.07, 6.45) is 8.38. The van der Waals surface area contributed by atoms with Crippen molar-refractivity contribution < 1.29 is 14.4 Å². The topological polar surface area (TPSA) is 66.5 Å². The van der Waals surface area contributed by atoms with E-state index >= 15 is 4.79 Å². The van der Waals surface area contributed by atoms with Crippen LogP contribution in [0.1, 0.15) is 63.6 Å². The van der Waals surface area contributed by atoms with Gasteiger partial charge in [0.2, 0.25) is 5.91 Å². The third-order valence-electron chi connectivity index (χ3n) is 9.53. The molecule has 4 atom stereocenters. The van der Waals surface area contributed by atoms with Crippen molar-refractivity contribution in [3.05, 3.63) is 135 Å². The maximum Gasteiger partial charge on any atom is 0.238 e. The number of benzene rings is 4. The van der Waals surface area contributed by atoms with Crippen molar-refractivity contribution in [2.75, 3.05) is 10.2 Å². The molecule has 4 aromatic rings. The Morgan fingerprint density at radius 2 is 1.52 bits per heavy atom. The standard InChI is InChI=1S/C38H33BrN2O3/c1-2-3-4-9-24-14-16-26(17-15-24)35(42)33-34(36(43)27-18-21-28(39)22-19-27)41-31-13-8-5-10-25(31)20-23-32(41)38(33)29-11-6-7-12-30(29)40-37(38)44/h5-8,10-23,32-34H,2-4,9H2,1H3,(H,40,44)/t32?,33-,34+,38+/m0/s1. The van der Waals surface area contributed by atoms with Crippen molar-refractivity contribution in [3.8, 4) is 0 Å². The zero-order valence-electron chi connectivity index (χ0n) is 24.5. The van der Waals surface area contributed by atoms with E-state index in [1.165, 1.54) is 5.56 Å². The molecule has 3 aliphatic heterocycles. The second kappa shape index (κ2) is 11.3. The Bertz CT molecular complexity index is 1800. The van der Waals surface area contributed by atoms with Crippen LogP contribution >= 0.6 is 15.9 Å². The van der Waals surface area contributed by atoms with E-state index in [1.807, 2.05) is 102 Å². The van der Waals surface area contributed by atoms with Crippen LogP contribution in [-0.2, 0) is 16.6 Å². The molecule has 1 fully saturated rings. The number of carbonyl (C=O) groups excluding carboxylic acids is 3. The summed E-state index contributed by atoms with van der Waals surface area (Å²) < 4.78 is 0.858. The number of Topliss-reactive ketones (excluding diaryl/α,β-unsaturated/α-hetero) is 2. The summed E-state index contributed by atoms with van der Waals surface area (Å²) in [5, 5.41) is 3.10. The average molecular weight is 646 g/mol. The lowest BCUT2D eigenvalue weighted by Gasteiger charge is -2.37. The average Bonchev–Trinajstić information content (AvgIpc) is 3.53. The quantitative estimate of drug-likeness (QED) is 0.156. The molecule has 1 N–H and O–H groups in total. The third-order valence-corrected chi connectivity index (χ3v) is 10.1. The molecular formula is C38H33BrN2O3. The highest BCUT2D eigenvalue weighted by Crippen LogP contribution is 2.58. The Balaban J connectivity index is 1.44. The number of hydrogen-bond donors (Lipinski definition) is 1. The minimum atomic E-state index is -1.31. The maximum absolute atomic E-state index is 15.0. The molecular weight excluding hydrogens is 612 g/mol. The Labute approximate surface area is 266 Å². The van der Waals surface area contributed by atoms with Crippen molar-refractivity contribution in [3.63, 3.8) is 0 Å². The Hall–Kier alpha value is -4.29. The van der Waals surface area contributed by atoms with Gasteiger partial charge in [-0.3, -0.25) is 14.4 Å². The maximum atomic E-state index is 15.0. The molecule has 5 nitrogen and oxygen atoms in total. The van der Waals surface area contributed by atoms with Crippen LogP contribution in [0.2, 0.25) is 0 Å². The second-order valence-electron chi connectivity index (χ2n) is 12.0. The van der Waals surface area contributed by atoms with Crippen molar-refractivity contribution in [2.24, 2.45) is 5.92 Å². The lowest BCUT2D eigenvalue weighted by Crippen LogP contribution is -2.51. The molecule has 1 unspecified atom stereocenters. The van der Waals surface area contributed by atoms with E-state index in [1.54, 1.807) is 12.1 Å². The molecule has 0 aliphatic carbocycles. The second-order valence-corrected chi connectivity index (χ2v) is 12.9. The Kier molecular flexibility index (Phi) is 7.33. The van der Waals surface area contributed by atoms with Crippen LogP contribution in [0.15, 0.2) is 108 Å². The summed E-state index contributed by atoms with van der Waals surface area (Å²) in [5.41, 5.74) is 4.10. The molecule has 0 radical (unpaired) electrons. The number of anilines is 2. The van der Waals surface area contributed by atoms with Gasteiger partial charge in [0.05, 0.1) is 12.0 Å². The van der Waals surface area contributed by atoms with Crippen LogP contribution in [-0.4, -0.2) is 29.6 Å². The Morgan fingerprint density at radius 3 is 2.30 bits per heavy atom. The summed E-state index contributed by atoms with van der Waals surface area (Å²) in [4.78, 5) is 46.3. The van der Waals surface area contributed by atoms with Crippen LogP contribution in [0.25, 0.3) is 6.08 Å². The number of rotatable bonds is 8. The van der Waals surface area contributed by atoms with Crippen molar-refractivity contribution in [1.29, 1.82) is 0 Å². The van der Waals surface area contributed by atoms with Gasteiger partial charge in [0, 0.05) is 27.0 Å². The highest BCUT2D eigenvalue weighted by Gasteiger charge is 2.70. The number of fused-ring (bicyclic) bond motifs is 6. The van der Waals surface area contributed by atoms with E-state index in [4.69, 9.17) is 0 Å². The first-order chi connectivity index (χ1) is 21.4. The summed E-state index contributed by atoms with van der Waals surface area (Å²) in [6, 6.07) is 29.1. The molecule has 4 aromatic carbocycles. The summed E-state index contributed by atoms with van der Waals surface area (Å²) in [7, 11) is 0. The number of ketones is 2. The zero-order valence-corrected chi connectivity index (χ0v) is 26.1. The number of amides is 1. The Morgan fingerprint density at radius 1 is 0.841 bits per heavy atom. The monoisotopic (exact) mass is 644 g/mol. The summed E-state index contributed by atoms with van der Waals surface area (Å²) >= 11 is 3.48. The number of hydrogen-bond acceptors (Lipinski definition) is 4. The summed E-state index contributed by atoms with van der Waals surface area (Å²) in [5.74, 6) is -1.61.